The maximum Gasteiger partial charge on any atom is 0.300 e. The molecule has 2 aromatic heterocycles. The van der Waals surface area contributed by atoms with Crippen molar-refractivity contribution in [1.82, 2.24) is 14.6 Å². The molecule has 0 aliphatic heterocycles. The van der Waals surface area contributed by atoms with E-state index in [4.69, 9.17) is 11.5 Å². The maximum atomic E-state index is 11.9. The lowest BCUT2D eigenvalue weighted by atomic mass is 9.98. The highest BCUT2D eigenvalue weighted by Gasteiger charge is 2.13. The SMILES string of the molecule is CCC(CC)CCc1nn2c(=O)c(N)c(N)nc2s1. The summed E-state index contributed by atoms with van der Waals surface area (Å²) in [6, 6.07) is 0. The average Bonchev–Trinajstić information content (AvgIpc) is 2.80. The zero-order chi connectivity index (χ0) is 14.0. The number of nitrogens with zero attached hydrogens (tertiary/aromatic N) is 3. The fraction of sp³-hybridized carbons (Fsp3) is 0.583. The topological polar surface area (TPSA) is 99.3 Å². The predicted octanol–water partition coefficient (Wildman–Crippen LogP) is 1.68. The number of hydrogen-bond acceptors (Lipinski definition) is 6. The summed E-state index contributed by atoms with van der Waals surface area (Å²) in [6.45, 7) is 4.39. The molecule has 104 valence electrons. The third-order valence-electron chi connectivity index (χ3n) is 3.44. The van der Waals surface area contributed by atoms with Gasteiger partial charge in [0, 0.05) is 6.42 Å². The number of rotatable bonds is 5. The van der Waals surface area contributed by atoms with Gasteiger partial charge in [0.2, 0.25) is 4.96 Å². The summed E-state index contributed by atoms with van der Waals surface area (Å²) >= 11 is 1.40. The Kier molecular flexibility index (Phi) is 4.04. The van der Waals surface area contributed by atoms with E-state index in [0.717, 1.165) is 17.8 Å². The van der Waals surface area contributed by atoms with Gasteiger partial charge in [0.05, 0.1) is 0 Å². The Balaban J connectivity index is 2.27. The van der Waals surface area contributed by atoms with Gasteiger partial charge >= 0.3 is 5.56 Å². The van der Waals surface area contributed by atoms with Crippen LogP contribution in [0.3, 0.4) is 0 Å². The van der Waals surface area contributed by atoms with Gasteiger partial charge in [0.25, 0.3) is 0 Å². The van der Waals surface area contributed by atoms with Gasteiger partial charge in [-0.1, -0.05) is 38.0 Å². The number of anilines is 2. The Labute approximate surface area is 115 Å². The molecule has 2 rings (SSSR count). The first-order valence-corrected chi connectivity index (χ1v) is 7.32. The van der Waals surface area contributed by atoms with Crippen LogP contribution in [0.2, 0.25) is 0 Å². The molecule has 0 radical (unpaired) electrons. The second-order valence-electron chi connectivity index (χ2n) is 4.63. The molecule has 0 atom stereocenters. The molecule has 0 unspecified atom stereocenters. The second-order valence-corrected chi connectivity index (χ2v) is 5.67. The lowest BCUT2D eigenvalue weighted by molar-refractivity contribution is 0.455. The van der Waals surface area contributed by atoms with Crippen LogP contribution in [0.5, 0.6) is 0 Å². The summed E-state index contributed by atoms with van der Waals surface area (Å²) < 4.78 is 1.25. The van der Waals surface area contributed by atoms with Crippen molar-refractivity contribution in [2.75, 3.05) is 11.5 Å². The van der Waals surface area contributed by atoms with E-state index in [9.17, 15) is 4.79 Å². The molecular formula is C12H19N5OS. The van der Waals surface area contributed by atoms with Crippen molar-refractivity contribution < 1.29 is 0 Å². The summed E-state index contributed by atoms with van der Waals surface area (Å²) in [5, 5.41) is 5.18. The summed E-state index contributed by atoms with van der Waals surface area (Å²) in [7, 11) is 0. The Morgan fingerprint density at radius 2 is 2.00 bits per heavy atom. The average molecular weight is 281 g/mol. The molecule has 0 aliphatic carbocycles. The fourth-order valence-corrected chi connectivity index (χ4v) is 2.95. The number of nitrogens with two attached hydrogens (primary N) is 2. The first-order valence-electron chi connectivity index (χ1n) is 6.50. The Hall–Kier alpha value is -1.63. The van der Waals surface area contributed by atoms with Crippen molar-refractivity contribution in [2.24, 2.45) is 5.92 Å². The molecule has 4 N–H and O–H groups in total. The molecule has 0 amide bonds. The standard InChI is InChI=1S/C12H19N5OS/c1-3-7(4-2)5-6-8-16-17-11(18)9(13)10(14)15-12(17)19-8/h7H,3-6,13-14H2,1-2H3. The summed E-state index contributed by atoms with van der Waals surface area (Å²) in [5.74, 6) is 0.784. The van der Waals surface area contributed by atoms with Gasteiger partial charge in [0.1, 0.15) is 10.7 Å². The van der Waals surface area contributed by atoms with Gasteiger partial charge in [0.15, 0.2) is 5.82 Å². The van der Waals surface area contributed by atoms with Crippen LogP contribution in [0.25, 0.3) is 4.96 Å². The van der Waals surface area contributed by atoms with E-state index in [-0.39, 0.29) is 17.1 Å². The molecular weight excluding hydrogens is 262 g/mol. The Morgan fingerprint density at radius 3 is 2.63 bits per heavy atom. The van der Waals surface area contributed by atoms with Gasteiger partial charge in [-0.25, -0.2) is 0 Å². The molecule has 0 aliphatic rings. The van der Waals surface area contributed by atoms with E-state index in [1.54, 1.807) is 0 Å². The van der Waals surface area contributed by atoms with Crippen molar-refractivity contribution in [3.63, 3.8) is 0 Å². The third kappa shape index (κ3) is 2.70. The number of hydrogen-bond donors (Lipinski definition) is 2. The van der Waals surface area contributed by atoms with E-state index in [2.05, 4.69) is 23.9 Å². The van der Waals surface area contributed by atoms with Gasteiger partial charge in [-0.2, -0.15) is 14.6 Å². The van der Waals surface area contributed by atoms with Crippen LogP contribution in [0.1, 0.15) is 38.1 Å². The van der Waals surface area contributed by atoms with Crippen LogP contribution >= 0.6 is 11.3 Å². The van der Waals surface area contributed by atoms with Crippen molar-refractivity contribution in [2.45, 2.75) is 39.5 Å². The monoisotopic (exact) mass is 281 g/mol. The molecule has 7 heteroatoms. The number of aryl methyl sites for hydroxylation is 1. The molecule has 0 spiro atoms. The van der Waals surface area contributed by atoms with Crippen LogP contribution in [-0.4, -0.2) is 14.6 Å². The number of aromatic nitrogens is 3. The van der Waals surface area contributed by atoms with Gasteiger partial charge < -0.3 is 11.5 Å². The maximum absolute atomic E-state index is 11.9. The number of nitrogen functional groups attached to an aromatic ring is 2. The minimum atomic E-state index is -0.382. The van der Waals surface area contributed by atoms with Crippen LogP contribution < -0.4 is 17.0 Å². The molecule has 0 fully saturated rings. The van der Waals surface area contributed by atoms with E-state index in [0.29, 0.717) is 10.9 Å². The smallest absolute Gasteiger partial charge is 0.300 e. The zero-order valence-corrected chi connectivity index (χ0v) is 12.0. The van der Waals surface area contributed by atoms with Crippen molar-refractivity contribution in [1.29, 1.82) is 0 Å². The van der Waals surface area contributed by atoms with E-state index in [1.165, 1.54) is 28.7 Å². The predicted molar refractivity (Wildman–Crippen MR) is 78.4 cm³/mol. The molecule has 0 saturated carbocycles. The number of fused-ring (bicyclic) bond motifs is 1. The molecule has 6 nitrogen and oxygen atoms in total. The van der Waals surface area contributed by atoms with Crippen molar-refractivity contribution >= 4 is 27.8 Å². The Morgan fingerprint density at radius 1 is 1.32 bits per heavy atom. The van der Waals surface area contributed by atoms with Crippen LogP contribution in [0, 0.1) is 5.92 Å². The quantitative estimate of drug-likeness (QED) is 0.868. The molecule has 19 heavy (non-hydrogen) atoms. The lowest BCUT2D eigenvalue weighted by Crippen LogP contribution is -2.21. The van der Waals surface area contributed by atoms with Crippen molar-refractivity contribution in [3.05, 3.63) is 15.4 Å². The molecule has 2 heterocycles. The minimum Gasteiger partial charge on any atom is -0.391 e. The molecule has 0 saturated heterocycles. The molecule has 0 bridgehead atoms. The van der Waals surface area contributed by atoms with Crippen LogP contribution in [0.4, 0.5) is 11.5 Å². The Bertz CT molecular complexity index is 629. The largest absolute Gasteiger partial charge is 0.391 e. The molecule has 0 aromatic carbocycles. The normalized spacial score (nSPS) is 11.5. The summed E-state index contributed by atoms with van der Waals surface area (Å²) in [6.07, 6.45) is 4.27. The third-order valence-corrected chi connectivity index (χ3v) is 4.41. The fourth-order valence-electron chi connectivity index (χ4n) is 2.04. The first kappa shape index (κ1) is 13.8. The van der Waals surface area contributed by atoms with Gasteiger partial charge in [-0.3, -0.25) is 4.79 Å². The highest BCUT2D eigenvalue weighted by Crippen LogP contribution is 2.20. The minimum absolute atomic E-state index is 0.0330. The van der Waals surface area contributed by atoms with Gasteiger partial charge in [-0.05, 0) is 12.3 Å². The van der Waals surface area contributed by atoms with E-state index >= 15 is 0 Å². The van der Waals surface area contributed by atoms with E-state index < -0.39 is 0 Å². The molecule has 2 aromatic rings. The van der Waals surface area contributed by atoms with Crippen LogP contribution in [-0.2, 0) is 6.42 Å². The van der Waals surface area contributed by atoms with Gasteiger partial charge in [-0.15, -0.1) is 0 Å². The lowest BCUT2D eigenvalue weighted by Gasteiger charge is -2.09. The zero-order valence-electron chi connectivity index (χ0n) is 11.2. The van der Waals surface area contributed by atoms with E-state index in [1.807, 2.05) is 0 Å². The first-order chi connectivity index (χ1) is 9.06. The highest BCUT2D eigenvalue weighted by atomic mass is 32.1. The van der Waals surface area contributed by atoms with Crippen molar-refractivity contribution in [3.8, 4) is 0 Å². The summed E-state index contributed by atoms with van der Waals surface area (Å²) in [5.41, 5.74) is 10.7. The highest BCUT2D eigenvalue weighted by molar-refractivity contribution is 7.16. The second kappa shape index (κ2) is 5.56. The van der Waals surface area contributed by atoms with Crippen LogP contribution in [0.15, 0.2) is 4.79 Å². The summed E-state index contributed by atoms with van der Waals surface area (Å²) in [4.78, 5) is 16.5.